The zero-order chi connectivity index (χ0) is 13.0. The minimum atomic E-state index is -0.363. The second-order valence-electron chi connectivity index (χ2n) is 4.50. The zero-order valence-corrected chi connectivity index (χ0v) is 10.8. The maximum Gasteiger partial charge on any atom is 0.0952 e. The summed E-state index contributed by atoms with van der Waals surface area (Å²) in [5.74, 6) is 0. The number of anilines is 1. The highest BCUT2D eigenvalue weighted by Crippen LogP contribution is 2.21. The van der Waals surface area contributed by atoms with Gasteiger partial charge in [0.15, 0.2) is 0 Å². The number of rotatable bonds is 5. The quantitative estimate of drug-likeness (QED) is 0.877. The lowest BCUT2D eigenvalue weighted by atomic mass is 10.1. The van der Waals surface area contributed by atoms with Crippen LogP contribution in [0.1, 0.15) is 30.6 Å². The Labute approximate surface area is 108 Å². The van der Waals surface area contributed by atoms with Gasteiger partial charge in [0.1, 0.15) is 0 Å². The molecule has 0 amide bonds. The van der Waals surface area contributed by atoms with Crippen LogP contribution in [0.4, 0.5) is 5.69 Å². The Morgan fingerprint density at radius 1 is 1.22 bits per heavy atom. The van der Waals surface area contributed by atoms with Crippen LogP contribution in [-0.2, 0) is 6.54 Å². The summed E-state index contributed by atoms with van der Waals surface area (Å²) < 4.78 is 5.06. The summed E-state index contributed by atoms with van der Waals surface area (Å²) >= 11 is 0. The number of hydrogen-bond acceptors (Lipinski definition) is 3. The van der Waals surface area contributed by atoms with Gasteiger partial charge < -0.3 is 14.4 Å². The molecule has 3 heteroatoms. The van der Waals surface area contributed by atoms with E-state index in [4.69, 9.17) is 4.42 Å². The van der Waals surface area contributed by atoms with E-state index >= 15 is 0 Å². The van der Waals surface area contributed by atoms with Gasteiger partial charge in [0.05, 0.1) is 18.6 Å². The van der Waals surface area contributed by atoms with Crippen molar-refractivity contribution >= 4 is 5.69 Å². The molecule has 1 aromatic heterocycles. The first-order valence-electron chi connectivity index (χ1n) is 6.21. The second-order valence-corrected chi connectivity index (χ2v) is 4.50. The van der Waals surface area contributed by atoms with Crippen molar-refractivity contribution < 1.29 is 9.52 Å². The molecule has 0 bridgehead atoms. The third-order valence-corrected chi connectivity index (χ3v) is 3.11. The minimum Gasteiger partial charge on any atom is -0.472 e. The lowest BCUT2D eigenvalue weighted by molar-refractivity contribution is 0.173. The van der Waals surface area contributed by atoms with Crippen LogP contribution in [0.15, 0.2) is 47.3 Å². The number of aliphatic hydroxyl groups is 1. The topological polar surface area (TPSA) is 36.6 Å². The highest BCUT2D eigenvalue weighted by molar-refractivity contribution is 5.47. The van der Waals surface area contributed by atoms with E-state index in [1.54, 1.807) is 12.5 Å². The van der Waals surface area contributed by atoms with E-state index in [1.807, 2.05) is 44.3 Å². The van der Waals surface area contributed by atoms with E-state index in [-0.39, 0.29) is 6.10 Å². The van der Waals surface area contributed by atoms with Gasteiger partial charge in [-0.2, -0.15) is 0 Å². The van der Waals surface area contributed by atoms with Crippen molar-refractivity contribution in [1.29, 1.82) is 0 Å². The number of aliphatic hydroxyl groups excluding tert-OH is 1. The molecule has 1 N–H and O–H groups in total. The van der Waals surface area contributed by atoms with Gasteiger partial charge in [-0.1, -0.05) is 19.1 Å². The molecule has 0 aliphatic rings. The lowest BCUT2D eigenvalue weighted by Crippen LogP contribution is -2.15. The van der Waals surface area contributed by atoms with Gasteiger partial charge >= 0.3 is 0 Å². The minimum absolute atomic E-state index is 0.363. The molecule has 0 spiro atoms. The summed E-state index contributed by atoms with van der Waals surface area (Å²) in [6.07, 6.45) is 3.82. The van der Waals surface area contributed by atoms with Crippen molar-refractivity contribution in [2.75, 3.05) is 11.9 Å². The Balaban J connectivity index is 2.04. The van der Waals surface area contributed by atoms with Crippen LogP contribution in [0.25, 0.3) is 0 Å². The molecular weight excluding hydrogens is 226 g/mol. The molecule has 0 aliphatic heterocycles. The van der Waals surface area contributed by atoms with Gasteiger partial charge in [-0.15, -0.1) is 0 Å². The van der Waals surface area contributed by atoms with E-state index in [2.05, 4.69) is 4.90 Å². The number of hydrogen-bond donors (Lipinski definition) is 1. The SMILES string of the molecule is CC[C@H](O)c1ccc(N(C)Cc2ccoc2)cc1. The molecule has 0 saturated heterocycles. The fourth-order valence-electron chi connectivity index (χ4n) is 1.93. The molecule has 18 heavy (non-hydrogen) atoms. The first kappa shape index (κ1) is 12.7. The van der Waals surface area contributed by atoms with E-state index in [0.717, 1.165) is 29.8 Å². The van der Waals surface area contributed by atoms with Gasteiger partial charge in [0, 0.05) is 24.8 Å². The summed E-state index contributed by atoms with van der Waals surface area (Å²) in [5, 5.41) is 9.74. The van der Waals surface area contributed by atoms with Crippen LogP contribution in [0, 0.1) is 0 Å². The van der Waals surface area contributed by atoms with Gasteiger partial charge in [-0.3, -0.25) is 0 Å². The van der Waals surface area contributed by atoms with Crippen molar-refractivity contribution in [3.05, 3.63) is 54.0 Å². The predicted octanol–water partition coefficient (Wildman–Crippen LogP) is 3.36. The van der Waals surface area contributed by atoms with Crippen LogP contribution in [0.3, 0.4) is 0 Å². The molecule has 0 saturated carbocycles. The standard InChI is InChI=1S/C15H19NO2/c1-3-15(17)13-4-6-14(7-5-13)16(2)10-12-8-9-18-11-12/h4-9,11,15,17H,3,10H2,1-2H3/t15-/m0/s1. The van der Waals surface area contributed by atoms with Gasteiger partial charge in [-0.25, -0.2) is 0 Å². The van der Waals surface area contributed by atoms with Gasteiger partial charge in [0.2, 0.25) is 0 Å². The third kappa shape index (κ3) is 2.93. The van der Waals surface area contributed by atoms with E-state index in [9.17, 15) is 5.11 Å². The molecular formula is C15H19NO2. The van der Waals surface area contributed by atoms with Crippen molar-refractivity contribution in [1.82, 2.24) is 0 Å². The Morgan fingerprint density at radius 2 is 1.94 bits per heavy atom. The average molecular weight is 245 g/mol. The smallest absolute Gasteiger partial charge is 0.0952 e. The number of nitrogens with zero attached hydrogens (tertiary/aromatic N) is 1. The highest BCUT2D eigenvalue weighted by atomic mass is 16.3. The molecule has 3 nitrogen and oxygen atoms in total. The molecule has 0 aliphatic carbocycles. The maximum atomic E-state index is 9.74. The molecule has 1 atom stereocenters. The van der Waals surface area contributed by atoms with Crippen LogP contribution in [-0.4, -0.2) is 12.2 Å². The summed E-state index contributed by atoms with van der Waals surface area (Å²) in [5.41, 5.74) is 3.25. The molecule has 0 fully saturated rings. The fourth-order valence-corrected chi connectivity index (χ4v) is 1.93. The maximum absolute atomic E-state index is 9.74. The van der Waals surface area contributed by atoms with Crippen molar-refractivity contribution in [3.63, 3.8) is 0 Å². The molecule has 2 rings (SSSR count). The van der Waals surface area contributed by atoms with E-state index in [0.29, 0.717) is 0 Å². The van der Waals surface area contributed by atoms with E-state index in [1.165, 1.54) is 0 Å². The largest absolute Gasteiger partial charge is 0.472 e. The molecule has 2 aromatic rings. The van der Waals surface area contributed by atoms with E-state index < -0.39 is 0 Å². The lowest BCUT2D eigenvalue weighted by Gasteiger charge is -2.19. The summed E-state index contributed by atoms with van der Waals surface area (Å²) in [4.78, 5) is 2.15. The monoisotopic (exact) mass is 245 g/mol. The predicted molar refractivity (Wildman–Crippen MR) is 72.5 cm³/mol. The van der Waals surface area contributed by atoms with Crippen LogP contribution < -0.4 is 4.90 Å². The van der Waals surface area contributed by atoms with Crippen LogP contribution in [0.5, 0.6) is 0 Å². The summed E-state index contributed by atoms with van der Waals surface area (Å²) in [6.45, 7) is 2.79. The molecule has 0 unspecified atom stereocenters. The van der Waals surface area contributed by atoms with Crippen LogP contribution in [0.2, 0.25) is 0 Å². The van der Waals surface area contributed by atoms with Crippen molar-refractivity contribution in [2.45, 2.75) is 26.0 Å². The zero-order valence-electron chi connectivity index (χ0n) is 10.8. The normalized spacial score (nSPS) is 12.4. The van der Waals surface area contributed by atoms with Crippen molar-refractivity contribution in [2.24, 2.45) is 0 Å². The first-order valence-corrected chi connectivity index (χ1v) is 6.21. The Kier molecular flexibility index (Phi) is 4.05. The Morgan fingerprint density at radius 3 is 2.50 bits per heavy atom. The molecule has 96 valence electrons. The van der Waals surface area contributed by atoms with Gasteiger partial charge in [0.25, 0.3) is 0 Å². The second kappa shape index (κ2) is 5.74. The summed E-state index contributed by atoms with van der Waals surface area (Å²) in [7, 11) is 2.04. The fraction of sp³-hybridized carbons (Fsp3) is 0.333. The average Bonchev–Trinajstić information content (AvgIpc) is 2.91. The molecule has 1 heterocycles. The third-order valence-electron chi connectivity index (χ3n) is 3.11. The Hall–Kier alpha value is -1.74. The summed E-state index contributed by atoms with van der Waals surface area (Å²) in [6, 6.07) is 10.00. The Bertz CT molecular complexity index is 462. The van der Waals surface area contributed by atoms with Gasteiger partial charge in [-0.05, 0) is 30.2 Å². The van der Waals surface area contributed by atoms with Crippen LogP contribution >= 0.6 is 0 Å². The number of furan rings is 1. The first-order chi connectivity index (χ1) is 8.70. The highest BCUT2D eigenvalue weighted by Gasteiger charge is 2.06. The number of benzene rings is 1. The molecule has 0 radical (unpaired) electrons. The molecule has 1 aromatic carbocycles. The van der Waals surface area contributed by atoms with Crippen molar-refractivity contribution in [3.8, 4) is 0 Å².